The van der Waals surface area contributed by atoms with Crippen LogP contribution in [0.1, 0.15) is 32.1 Å². The molecular formula is C10H15NO. The molecule has 2 heteroatoms. The lowest BCUT2D eigenvalue weighted by molar-refractivity contribution is 0.108. The van der Waals surface area contributed by atoms with Gasteiger partial charge in [-0.05, 0) is 43.9 Å². The first-order chi connectivity index (χ1) is 5.81. The Bertz CT molecular complexity index is 208. The fraction of sp³-hybridized carbons (Fsp3) is 0.900. The van der Waals surface area contributed by atoms with E-state index >= 15 is 0 Å². The van der Waals surface area contributed by atoms with Gasteiger partial charge in [0.25, 0.3) is 0 Å². The van der Waals surface area contributed by atoms with Crippen molar-refractivity contribution in [2.45, 2.75) is 38.2 Å². The number of hydrogen-bond acceptors (Lipinski definition) is 2. The van der Waals surface area contributed by atoms with Gasteiger partial charge in [-0.3, -0.25) is 0 Å². The van der Waals surface area contributed by atoms with Crippen LogP contribution in [0.15, 0.2) is 0 Å². The highest BCUT2D eigenvalue weighted by Crippen LogP contribution is 2.47. The summed E-state index contributed by atoms with van der Waals surface area (Å²) in [5, 5.41) is 18.4. The molecule has 0 unspecified atom stereocenters. The van der Waals surface area contributed by atoms with Crippen LogP contribution >= 0.6 is 0 Å². The van der Waals surface area contributed by atoms with E-state index in [4.69, 9.17) is 5.26 Å². The van der Waals surface area contributed by atoms with Crippen molar-refractivity contribution in [2.75, 3.05) is 0 Å². The minimum Gasteiger partial charge on any atom is -0.392 e. The number of hydrogen-bond donors (Lipinski definition) is 1. The van der Waals surface area contributed by atoms with Crippen LogP contribution in [0, 0.1) is 29.1 Å². The maximum absolute atomic E-state index is 9.59. The second-order valence-electron chi connectivity index (χ2n) is 4.21. The third-order valence-electron chi connectivity index (χ3n) is 3.38. The molecule has 2 saturated carbocycles. The Labute approximate surface area is 73.2 Å². The highest BCUT2D eigenvalue weighted by atomic mass is 16.3. The summed E-state index contributed by atoms with van der Waals surface area (Å²) in [5.74, 6) is 1.69. The Morgan fingerprint density at radius 2 is 1.75 bits per heavy atom. The number of rotatable bonds is 0. The zero-order chi connectivity index (χ0) is 8.55. The lowest BCUT2D eigenvalue weighted by Gasteiger charge is -2.18. The Hall–Kier alpha value is -0.550. The van der Waals surface area contributed by atoms with Gasteiger partial charge in [-0.1, -0.05) is 0 Å². The van der Waals surface area contributed by atoms with E-state index in [9.17, 15) is 5.11 Å². The molecule has 4 atom stereocenters. The monoisotopic (exact) mass is 165 g/mol. The van der Waals surface area contributed by atoms with E-state index in [-0.39, 0.29) is 12.0 Å². The third kappa shape index (κ3) is 1.47. The summed E-state index contributed by atoms with van der Waals surface area (Å²) in [7, 11) is 0. The smallest absolute Gasteiger partial charge is 0.0722 e. The summed E-state index contributed by atoms with van der Waals surface area (Å²) < 4.78 is 0. The van der Waals surface area contributed by atoms with Gasteiger partial charge < -0.3 is 5.11 Å². The van der Waals surface area contributed by atoms with Crippen molar-refractivity contribution >= 4 is 0 Å². The van der Waals surface area contributed by atoms with Crippen molar-refractivity contribution < 1.29 is 5.11 Å². The Balaban J connectivity index is 1.94. The molecule has 2 nitrogen and oxygen atoms in total. The maximum Gasteiger partial charge on any atom is 0.0722 e. The van der Waals surface area contributed by atoms with E-state index < -0.39 is 0 Å². The first-order valence-electron chi connectivity index (χ1n) is 4.89. The summed E-state index contributed by atoms with van der Waals surface area (Å²) >= 11 is 0. The van der Waals surface area contributed by atoms with Gasteiger partial charge in [-0.2, -0.15) is 5.26 Å². The molecule has 2 fully saturated rings. The molecule has 0 heterocycles. The van der Waals surface area contributed by atoms with Crippen LogP contribution in [0.25, 0.3) is 0 Å². The molecule has 2 rings (SSSR count). The number of fused-ring (bicyclic) bond motifs is 1. The van der Waals surface area contributed by atoms with Gasteiger partial charge in [0, 0.05) is 0 Å². The molecule has 0 aromatic heterocycles. The number of aliphatic hydroxyl groups is 1. The van der Waals surface area contributed by atoms with Gasteiger partial charge in [-0.25, -0.2) is 0 Å². The quantitative estimate of drug-likeness (QED) is 0.593. The highest BCUT2D eigenvalue weighted by molar-refractivity contribution is 4.95. The molecule has 0 spiro atoms. The van der Waals surface area contributed by atoms with E-state index in [0.29, 0.717) is 0 Å². The second kappa shape index (κ2) is 3.06. The average molecular weight is 165 g/mol. The van der Waals surface area contributed by atoms with Crippen LogP contribution in [-0.4, -0.2) is 11.2 Å². The van der Waals surface area contributed by atoms with Crippen molar-refractivity contribution in [2.24, 2.45) is 17.8 Å². The summed E-state index contributed by atoms with van der Waals surface area (Å²) in [6.45, 7) is 0. The summed E-state index contributed by atoms with van der Waals surface area (Å²) in [4.78, 5) is 0. The standard InChI is InChI=1S/C10H15NO/c11-6-9-2-1-7-5-8(7)3-4-10(9)12/h7-10,12H,1-5H2/t7-,8+,9+,10-/m1/s1. The van der Waals surface area contributed by atoms with Gasteiger partial charge in [0.15, 0.2) is 0 Å². The maximum atomic E-state index is 9.59. The molecule has 0 amide bonds. The number of aliphatic hydroxyl groups excluding tert-OH is 1. The number of nitriles is 1. The lowest BCUT2D eigenvalue weighted by atomic mass is 9.90. The van der Waals surface area contributed by atoms with Gasteiger partial charge in [0.1, 0.15) is 0 Å². The zero-order valence-corrected chi connectivity index (χ0v) is 7.24. The third-order valence-corrected chi connectivity index (χ3v) is 3.38. The van der Waals surface area contributed by atoms with Crippen molar-refractivity contribution in [1.29, 1.82) is 5.26 Å². The Morgan fingerprint density at radius 3 is 2.42 bits per heavy atom. The normalized spacial score (nSPS) is 46.7. The van der Waals surface area contributed by atoms with Gasteiger partial charge in [0.05, 0.1) is 18.1 Å². The molecule has 0 bridgehead atoms. The van der Waals surface area contributed by atoms with Crippen LogP contribution < -0.4 is 0 Å². The second-order valence-corrected chi connectivity index (χ2v) is 4.21. The predicted molar refractivity (Wildman–Crippen MR) is 45.2 cm³/mol. The van der Waals surface area contributed by atoms with Crippen molar-refractivity contribution in [3.8, 4) is 6.07 Å². The molecule has 0 aromatic rings. The largest absolute Gasteiger partial charge is 0.392 e. The fourth-order valence-electron chi connectivity index (χ4n) is 2.34. The summed E-state index contributed by atoms with van der Waals surface area (Å²) in [6.07, 6.45) is 5.07. The summed E-state index contributed by atoms with van der Waals surface area (Å²) in [6, 6.07) is 2.21. The molecule has 0 aromatic carbocycles. The molecule has 2 aliphatic rings. The average Bonchev–Trinajstić information content (AvgIpc) is 2.78. The predicted octanol–water partition coefficient (Wildman–Crippen LogP) is 1.70. The van der Waals surface area contributed by atoms with Crippen molar-refractivity contribution in [1.82, 2.24) is 0 Å². The molecule has 12 heavy (non-hydrogen) atoms. The molecule has 2 aliphatic carbocycles. The zero-order valence-electron chi connectivity index (χ0n) is 7.24. The molecule has 0 radical (unpaired) electrons. The molecule has 0 saturated heterocycles. The topological polar surface area (TPSA) is 44.0 Å². The van der Waals surface area contributed by atoms with Crippen LogP contribution in [0.2, 0.25) is 0 Å². The number of nitrogens with zero attached hydrogens (tertiary/aromatic N) is 1. The van der Waals surface area contributed by atoms with Crippen LogP contribution in [0.4, 0.5) is 0 Å². The van der Waals surface area contributed by atoms with Crippen molar-refractivity contribution in [3.05, 3.63) is 0 Å². The first kappa shape index (κ1) is 8.07. The molecular weight excluding hydrogens is 150 g/mol. The van der Waals surface area contributed by atoms with E-state index in [1.165, 1.54) is 12.8 Å². The minimum absolute atomic E-state index is 0.0912. The van der Waals surface area contributed by atoms with Crippen LogP contribution in [0.3, 0.4) is 0 Å². The molecule has 1 N–H and O–H groups in total. The Morgan fingerprint density at radius 1 is 1.08 bits per heavy atom. The lowest BCUT2D eigenvalue weighted by Crippen LogP contribution is -2.20. The molecule has 66 valence electrons. The minimum atomic E-state index is -0.350. The molecule has 0 aliphatic heterocycles. The van der Waals surface area contributed by atoms with Crippen LogP contribution in [-0.2, 0) is 0 Å². The van der Waals surface area contributed by atoms with Gasteiger partial charge >= 0.3 is 0 Å². The van der Waals surface area contributed by atoms with Crippen LogP contribution in [0.5, 0.6) is 0 Å². The van der Waals surface area contributed by atoms with E-state index in [1.54, 1.807) is 0 Å². The van der Waals surface area contributed by atoms with E-state index in [0.717, 1.165) is 31.1 Å². The van der Waals surface area contributed by atoms with Crippen molar-refractivity contribution in [3.63, 3.8) is 0 Å². The van der Waals surface area contributed by atoms with E-state index in [1.807, 2.05) is 0 Å². The Kier molecular flexibility index (Phi) is 2.06. The fourth-order valence-corrected chi connectivity index (χ4v) is 2.34. The first-order valence-corrected chi connectivity index (χ1v) is 4.89. The van der Waals surface area contributed by atoms with Gasteiger partial charge in [-0.15, -0.1) is 0 Å². The SMILES string of the molecule is N#C[C@@H]1CC[C@@H]2C[C@@H]2CC[C@H]1O. The highest BCUT2D eigenvalue weighted by Gasteiger charge is 2.39. The summed E-state index contributed by atoms with van der Waals surface area (Å²) in [5.41, 5.74) is 0. The van der Waals surface area contributed by atoms with E-state index in [2.05, 4.69) is 6.07 Å². The van der Waals surface area contributed by atoms with Gasteiger partial charge in [0.2, 0.25) is 0 Å².